The predicted molar refractivity (Wildman–Crippen MR) is 114 cm³/mol. The Morgan fingerprint density at radius 1 is 1.30 bits per heavy atom. The number of rotatable bonds is 9. The molecule has 0 radical (unpaired) electrons. The molecule has 2 unspecified atom stereocenters. The van der Waals surface area contributed by atoms with Crippen molar-refractivity contribution in [1.29, 1.82) is 0 Å². The summed E-state index contributed by atoms with van der Waals surface area (Å²) in [5, 5.41) is 19.9. The minimum Gasteiger partial charge on any atom is -0.508 e. The Hall–Kier alpha value is -1.89. The predicted octanol–water partition coefficient (Wildman–Crippen LogP) is 2.74. The highest BCUT2D eigenvalue weighted by Gasteiger charge is 2.24. The molecule has 2 atom stereocenters. The van der Waals surface area contributed by atoms with Crippen molar-refractivity contribution in [3.63, 3.8) is 0 Å². The number of hydrogen-bond acceptors (Lipinski definition) is 4. The molecule has 0 spiro atoms. The first kappa shape index (κ1) is 21.4. The first-order valence-electron chi connectivity index (χ1n) is 9.86. The average Bonchev–Trinajstić information content (AvgIpc) is 3.08. The van der Waals surface area contributed by atoms with Gasteiger partial charge in [-0.3, -0.25) is 9.79 Å². The standard InChI is InChI=1S/C20H32N4O2S/c1-3-21-20(24-16-9-10-18(14-16)27-4-2)23-12-6-11-22-19(26)15-7-5-8-17(25)13-15/h5,7-8,13,16,18,25H,3-4,6,9-12,14H2,1-2H3,(H,22,26)(H2,21,23,24). The van der Waals surface area contributed by atoms with Gasteiger partial charge >= 0.3 is 0 Å². The number of phenolic OH excluding ortho intramolecular Hbond substituents is 1. The van der Waals surface area contributed by atoms with E-state index in [2.05, 4.69) is 46.6 Å². The highest BCUT2D eigenvalue weighted by Crippen LogP contribution is 2.29. The largest absolute Gasteiger partial charge is 0.508 e. The molecule has 2 rings (SSSR count). The summed E-state index contributed by atoms with van der Waals surface area (Å²) in [6.07, 6.45) is 4.43. The molecular formula is C20H32N4O2S. The summed E-state index contributed by atoms with van der Waals surface area (Å²) in [6.45, 7) is 6.32. The van der Waals surface area contributed by atoms with Crippen LogP contribution in [0.25, 0.3) is 0 Å². The molecule has 1 amide bonds. The van der Waals surface area contributed by atoms with Crippen molar-refractivity contribution in [1.82, 2.24) is 16.0 Å². The lowest BCUT2D eigenvalue weighted by molar-refractivity contribution is 0.0953. The number of aromatic hydroxyl groups is 1. The summed E-state index contributed by atoms with van der Waals surface area (Å²) in [5.41, 5.74) is 0.467. The van der Waals surface area contributed by atoms with Crippen LogP contribution in [0.15, 0.2) is 29.3 Å². The van der Waals surface area contributed by atoms with Crippen LogP contribution >= 0.6 is 11.8 Å². The van der Waals surface area contributed by atoms with Crippen LogP contribution in [0, 0.1) is 0 Å². The monoisotopic (exact) mass is 392 g/mol. The number of hydrogen-bond donors (Lipinski definition) is 4. The summed E-state index contributed by atoms with van der Waals surface area (Å²) in [5.74, 6) is 1.97. The van der Waals surface area contributed by atoms with Gasteiger partial charge in [0.15, 0.2) is 5.96 Å². The van der Waals surface area contributed by atoms with E-state index in [-0.39, 0.29) is 11.7 Å². The average molecular weight is 393 g/mol. The van der Waals surface area contributed by atoms with Gasteiger partial charge in [0.05, 0.1) is 0 Å². The fraction of sp³-hybridized carbons (Fsp3) is 0.600. The van der Waals surface area contributed by atoms with Crippen LogP contribution in [-0.4, -0.2) is 53.7 Å². The van der Waals surface area contributed by atoms with E-state index >= 15 is 0 Å². The van der Waals surface area contributed by atoms with E-state index in [9.17, 15) is 9.90 Å². The van der Waals surface area contributed by atoms with Crippen LogP contribution in [0.5, 0.6) is 5.75 Å². The normalized spacial score (nSPS) is 19.7. The Labute approximate surface area is 166 Å². The van der Waals surface area contributed by atoms with Crippen molar-refractivity contribution in [2.24, 2.45) is 4.99 Å². The maximum absolute atomic E-state index is 12.0. The first-order chi connectivity index (χ1) is 13.1. The summed E-state index contributed by atoms with van der Waals surface area (Å²) in [4.78, 5) is 16.7. The van der Waals surface area contributed by atoms with E-state index in [4.69, 9.17) is 0 Å². The first-order valence-corrected chi connectivity index (χ1v) is 10.9. The van der Waals surface area contributed by atoms with Gasteiger partial charge in [0.25, 0.3) is 5.91 Å². The van der Waals surface area contributed by atoms with Gasteiger partial charge in [-0.1, -0.05) is 13.0 Å². The maximum atomic E-state index is 12.0. The van der Waals surface area contributed by atoms with Gasteiger partial charge in [-0.05, 0) is 56.6 Å². The van der Waals surface area contributed by atoms with Gasteiger partial charge in [-0.25, -0.2) is 0 Å². The molecule has 0 aliphatic heterocycles. The van der Waals surface area contributed by atoms with Crippen molar-refractivity contribution in [2.45, 2.75) is 50.8 Å². The van der Waals surface area contributed by atoms with E-state index in [0.29, 0.717) is 24.7 Å². The topological polar surface area (TPSA) is 85.8 Å². The zero-order chi connectivity index (χ0) is 19.5. The Morgan fingerprint density at radius 2 is 2.15 bits per heavy atom. The SMILES string of the molecule is CCNC(=NCCCNC(=O)c1cccc(O)c1)NC1CCC(SCC)C1. The molecule has 6 nitrogen and oxygen atoms in total. The smallest absolute Gasteiger partial charge is 0.251 e. The molecule has 1 aromatic rings. The molecule has 0 saturated heterocycles. The van der Waals surface area contributed by atoms with Crippen LogP contribution in [0.3, 0.4) is 0 Å². The second-order valence-corrected chi connectivity index (χ2v) is 8.23. The van der Waals surface area contributed by atoms with Crippen molar-refractivity contribution < 1.29 is 9.90 Å². The number of nitrogens with zero attached hydrogens (tertiary/aromatic N) is 1. The number of carbonyl (C=O) groups is 1. The Bertz CT molecular complexity index is 624. The van der Waals surface area contributed by atoms with Crippen molar-refractivity contribution in [3.05, 3.63) is 29.8 Å². The highest BCUT2D eigenvalue weighted by molar-refractivity contribution is 7.99. The molecule has 7 heteroatoms. The van der Waals surface area contributed by atoms with Crippen LogP contribution < -0.4 is 16.0 Å². The lowest BCUT2D eigenvalue weighted by Crippen LogP contribution is -2.42. The number of guanidine groups is 1. The van der Waals surface area contributed by atoms with Crippen molar-refractivity contribution in [3.8, 4) is 5.75 Å². The Balaban J connectivity index is 1.71. The number of phenols is 1. The molecule has 0 heterocycles. The van der Waals surface area contributed by atoms with Crippen molar-refractivity contribution in [2.75, 3.05) is 25.4 Å². The molecule has 4 N–H and O–H groups in total. The number of benzene rings is 1. The van der Waals surface area contributed by atoms with Crippen LogP contribution in [0.1, 0.15) is 49.9 Å². The zero-order valence-corrected chi connectivity index (χ0v) is 17.1. The summed E-state index contributed by atoms with van der Waals surface area (Å²) in [6, 6.07) is 6.86. The molecule has 0 bridgehead atoms. The number of thioether (sulfide) groups is 1. The van der Waals surface area contributed by atoms with Crippen molar-refractivity contribution >= 4 is 23.6 Å². The number of amides is 1. The molecule has 1 fully saturated rings. The van der Waals surface area contributed by atoms with E-state index in [1.807, 2.05) is 0 Å². The minimum atomic E-state index is -0.176. The van der Waals surface area contributed by atoms with Gasteiger partial charge in [0.1, 0.15) is 5.75 Å². The van der Waals surface area contributed by atoms with E-state index in [1.54, 1.807) is 18.2 Å². The number of nitrogens with one attached hydrogen (secondary N) is 3. The second-order valence-electron chi connectivity index (χ2n) is 6.65. The minimum absolute atomic E-state index is 0.0973. The summed E-state index contributed by atoms with van der Waals surface area (Å²) in [7, 11) is 0. The number of aliphatic imine (C=N–C) groups is 1. The van der Waals surface area contributed by atoms with E-state index < -0.39 is 0 Å². The maximum Gasteiger partial charge on any atom is 0.251 e. The molecule has 0 aromatic heterocycles. The van der Waals surface area contributed by atoms with Crippen LogP contribution in [-0.2, 0) is 0 Å². The lowest BCUT2D eigenvalue weighted by atomic mass is 10.2. The quantitative estimate of drug-likeness (QED) is 0.295. The van der Waals surface area contributed by atoms with Gasteiger partial charge in [-0.2, -0.15) is 11.8 Å². The summed E-state index contributed by atoms with van der Waals surface area (Å²) < 4.78 is 0. The van der Waals surface area contributed by atoms with Crippen LogP contribution in [0.2, 0.25) is 0 Å². The Kier molecular flexibility index (Phi) is 9.31. The second kappa shape index (κ2) is 11.7. The fourth-order valence-electron chi connectivity index (χ4n) is 3.19. The molecule has 1 saturated carbocycles. The molecule has 1 aliphatic carbocycles. The van der Waals surface area contributed by atoms with Gasteiger partial charge < -0.3 is 21.1 Å². The summed E-state index contributed by atoms with van der Waals surface area (Å²) >= 11 is 2.05. The highest BCUT2D eigenvalue weighted by atomic mass is 32.2. The fourth-order valence-corrected chi connectivity index (χ4v) is 4.34. The third-order valence-corrected chi connectivity index (χ3v) is 5.70. The molecule has 27 heavy (non-hydrogen) atoms. The van der Waals surface area contributed by atoms with E-state index in [0.717, 1.165) is 24.2 Å². The van der Waals surface area contributed by atoms with Gasteiger partial charge in [-0.15, -0.1) is 0 Å². The molecule has 1 aliphatic rings. The van der Waals surface area contributed by atoms with Crippen LogP contribution in [0.4, 0.5) is 0 Å². The molecular weight excluding hydrogens is 360 g/mol. The van der Waals surface area contributed by atoms with E-state index in [1.165, 1.54) is 31.1 Å². The third-order valence-electron chi connectivity index (χ3n) is 4.47. The third kappa shape index (κ3) is 7.71. The lowest BCUT2D eigenvalue weighted by Gasteiger charge is -2.17. The van der Waals surface area contributed by atoms with Gasteiger partial charge in [0, 0.05) is 36.5 Å². The molecule has 1 aromatic carbocycles. The Morgan fingerprint density at radius 3 is 2.89 bits per heavy atom. The number of carbonyl (C=O) groups excluding carboxylic acids is 1. The van der Waals surface area contributed by atoms with Gasteiger partial charge in [0.2, 0.25) is 0 Å². The zero-order valence-electron chi connectivity index (χ0n) is 16.3. The molecule has 150 valence electrons.